The van der Waals surface area contributed by atoms with Gasteiger partial charge in [0.25, 0.3) is 0 Å². The number of ether oxygens (including phenoxy) is 2. The van der Waals surface area contributed by atoms with Crippen LogP contribution in [0.5, 0.6) is 0 Å². The summed E-state index contributed by atoms with van der Waals surface area (Å²) in [5.74, 6) is -0.385. The molecule has 58 heavy (non-hydrogen) atoms. The largest absolute Gasteiger partial charge is 0.472 e. The lowest BCUT2D eigenvalue weighted by atomic mass is 10.0. The standard InChI is InChI=1S/C48H91O9P/c1-3-5-7-9-11-13-15-17-19-20-21-22-23-24-25-26-27-28-30-32-34-36-38-40-48(51)57-47(45-56-58(52,53)55-43-46(50)42-49)44-54-41-39-37-35-33-31-29-18-16-14-12-10-8-6-4-2/h14-17,20-21,46-47,49-50H,3-13,18-19,22-45H2,1-2H3,(H,52,53)/b16-14-,17-15-,21-20-. The monoisotopic (exact) mass is 843 g/mol. The first kappa shape index (κ1) is 56.7. The van der Waals surface area contributed by atoms with Crippen LogP contribution in [0.4, 0.5) is 0 Å². The van der Waals surface area contributed by atoms with Gasteiger partial charge in [-0.05, 0) is 70.6 Å². The second-order valence-electron chi connectivity index (χ2n) is 16.1. The summed E-state index contributed by atoms with van der Waals surface area (Å²) in [4.78, 5) is 22.6. The first-order chi connectivity index (χ1) is 28.3. The van der Waals surface area contributed by atoms with Crippen molar-refractivity contribution in [2.45, 2.75) is 232 Å². The van der Waals surface area contributed by atoms with Gasteiger partial charge in [0.2, 0.25) is 0 Å². The van der Waals surface area contributed by atoms with Gasteiger partial charge in [-0.1, -0.05) is 179 Å². The van der Waals surface area contributed by atoms with Crippen molar-refractivity contribution < 1.29 is 43.0 Å². The summed E-state index contributed by atoms with van der Waals surface area (Å²) >= 11 is 0. The number of phosphoric ester groups is 1. The molecule has 0 aliphatic heterocycles. The first-order valence-corrected chi connectivity index (χ1v) is 25.5. The number of carbonyl (C=O) groups excluding carboxylic acids is 1. The summed E-state index contributed by atoms with van der Waals surface area (Å²) in [6, 6.07) is 0. The lowest BCUT2D eigenvalue weighted by Crippen LogP contribution is -2.29. The molecule has 3 N–H and O–H groups in total. The molecule has 0 spiro atoms. The van der Waals surface area contributed by atoms with Crippen molar-refractivity contribution in [1.29, 1.82) is 0 Å². The van der Waals surface area contributed by atoms with Gasteiger partial charge in [-0.25, -0.2) is 4.57 Å². The van der Waals surface area contributed by atoms with E-state index < -0.39 is 33.2 Å². The van der Waals surface area contributed by atoms with E-state index in [0.29, 0.717) is 6.61 Å². The third-order valence-corrected chi connectivity index (χ3v) is 11.2. The van der Waals surface area contributed by atoms with Crippen LogP contribution in [0, 0.1) is 0 Å². The summed E-state index contributed by atoms with van der Waals surface area (Å²) in [5.41, 5.74) is 0. The Hall–Kier alpha value is -1.32. The van der Waals surface area contributed by atoms with Gasteiger partial charge in [0.1, 0.15) is 12.2 Å². The van der Waals surface area contributed by atoms with E-state index >= 15 is 0 Å². The summed E-state index contributed by atoms with van der Waals surface area (Å²) in [6.07, 6.45) is 49.6. The molecule has 3 unspecified atom stereocenters. The van der Waals surface area contributed by atoms with E-state index in [9.17, 15) is 19.4 Å². The molecule has 0 radical (unpaired) electrons. The maximum atomic E-state index is 12.7. The summed E-state index contributed by atoms with van der Waals surface area (Å²) in [7, 11) is -4.52. The molecule has 0 fully saturated rings. The Bertz CT molecular complexity index is 1000. The van der Waals surface area contributed by atoms with Gasteiger partial charge >= 0.3 is 13.8 Å². The Balaban J connectivity index is 4.08. The van der Waals surface area contributed by atoms with Crippen LogP contribution in [0.1, 0.15) is 219 Å². The molecular weight excluding hydrogens is 751 g/mol. The second-order valence-corrected chi connectivity index (χ2v) is 17.6. The Morgan fingerprint density at radius 2 is 0.931 bits per heavy atom. The molecule has 10 heteroatoms. The molecule has 0 saturated carbocycles. The molecule has 0 heterocycles. The molecule has 9 nitrogen and oxygen atoms in total. The highest BCUT2D eigenvalue weighted by Gasteiger charge is 2.26. The molecule has 0 amide bonds. The van der Waals surface area contributed by atoms with Gasteiger partial charge in [-0.3, -0.25) is 13.8 Å². The van der Waals surface area contributed by atoms with Gasteiger partial charge < -0.3 is 24.6 Å². The zero-order chi connectivity index (χ0) is 42.5. The molecule has 0 aliphatic carbocycles. The van der Waals surface area contributed by atoms with Crippen molar-refractivity contribution in [2.75, 3.05) is 33.0 Å². The third-order valence-electron chi connectivity index (χ3n) is 10.3. The number of aliphatic hydroxyl groups excluding tert-OH is 2. The zero-order valence-corrected chi connectivity index (χ0v) is 38.4. The molecule has 0 bridgehead atoms. The number of carbonyl (C=O) groups is 1. The molecule has 0 aromatic carbocycles. The number of hydrogen-bond acceptors (Lipinski definition) is 8. The fraction of sp³-hybridized carbons (Fsp3) is 0.854. The Labute approximate surface area is 356 Å². The van der Waals surface area contributed by atoms with Gasteiger partial charge in [-0.2, -0.15) is 0 Å². The zero-order valence-electron chi connectivity index (χ0n) is 37.5. The maximum Gasteiger partial charge on any atom is 0.472 e. The van der Waals surface area contributed by atoms with Crippen molar-refractivity contribution >= 4 is 13.8 Å². The Morgan fingerprint density at radius 3 is 1.41 bits per heavy atom. The minimum Gasteiger partial charge on any atom is -0.457 e. The molecule has 0 aromatic heterocycles. The van der Waals surface area contributed by atoms with Gasteiger partial charge in [0, 0.05) is 13.0 Å². The van der Waals surface area contributed by atoms with Crippen LogP contribution < -0.4 is 0 Å². The Morgan fingerprint density at radius 1 is 0.534 bits per heavy atom. The molecule has 3 atom stereocenters. The fourth-order valence-electron chi connectivity index (χ4n) is 6.62. The van der Waals surface area contributed by atoms with Crippen molar-refractivity contribution in [3.8, 4) is 0 Å². The maximum absolute atomic E-state index is 12.7. The molecule has 342 valence electrons. The second kappa shape index (κ2) is 45.2. The van der Waals surface area contributed by atoms with Crippen LogP contribution in [0.15, 0.2) is 36.5 Å². The highest BCUT2D eigenvalue weighted by molar-refractivity contribution is 7.47. The lowest BCUT2D eigenvalue weighted by Gasteiger charge is -2.20. The minimum atomic E-state index is -4.52. The predicted octanol–water partition coefficient (Wildman–Crippen LogP) is 13.6. The van der Waals surface area contributed by atoms with E-state index in [-0.39, 0.29) is 25.6 Å². The summed E-state index contributed by atoms with van der Waals surface area (Å²) < 4.78 is 33.4. The smallest absolute Gasteiger partial charge is 0.457 e. The first-order valence-electron chi connectivity index (χ1n) is 24.0. The average molecular weight is 843 g/mol. The predicted molar refractivity (Wildman–Crippen MR) is 242 cm³/mol. The van der Waals surface area contributed by atoms with Crippen LogP contribution in [0.3, 0.4) is 0 Å². The molecular formula is C48H91O9P. The summed E-state index contributed by atoms with van der Waals surface area (Å²) in [5, 5.41) is 18.4. The number of unbranched alkanes of at least 4 members (excludes halogenated alkanes) is 26. The van der Waals surface area contributed by atoms with Gasteiger partial charge in [0.15, 0.2) is 0 Å². The number of allylic oxidation sites excluding steroid dienone is 6. The summed E-state index contributed by atoms with van der Waals surface area (Å²) in [6.45, 7) is 3.50. The molecule has 0 saturated heterocycles. The van der Waals surface area contributed by atoms with E-state index in [1.54, 1.807) is 0 Å². The number of aliphatic hydroxyl groups is 2. The number of esters is 1. The lowest BCUT2D eigenvalue weighted by molar-refractivity contribution is -0.154. The van der Waals surface area contributed by atoms with Crippen molar-refractivity contribution in [3.05, 3.63) is 36.5 Å². The third kappa shape index (κ3) is 44.2. The molecule has 0 rings (SSSR count). The van der Waals surface area contributed by atoms with Gasteiger partial charge in [-0.15, -0.1) is 0 Å². The molecule has 0 aromatic rings. The van der Waals surface area contributed by atoms with Crippen molar-refractivity contribution in [2.24, 2.45) is 0 Å². The van der Waals surface area contributed by atoms with E-state index in [2.05, 4.69) is 50.3 Å². The average Bonchev–Trinajstić information content (AvgIpc) is 3.21. The van der Waals surface area contributed by atoms with Gasteiger partial charge in [0.05, 0.1) is 26.4 Å². The van der Waals surface area contributed by atoms with Crippen LogP contribution in [0.25, 0.3) is 0 Å². The highest BCUT2D eigenvalue weighted by atomic mass is 31.2. The topological polar surface area (TPSA) is 132 Å². The number of hydrogen-bond donors (Lipinski definition) is 3. The Kier molecular flexibility index (Phi) is 44.2. The van der Waals surface area contributed by atoms with E-state index in [4.69, 9.17) is 23.6 Å². The van der Waals surface area contributed by atoms with E-state index in [0.717, 1.165) is 51.4 Å². The van der Waals surface area contributed by atoms with Crippen LogP contribution >= 0.6 is 7.82 Å². The fourth-order valence-corrected chi connectivity index (χ4v) is 7.41. The number of phosphoric acid groups is 1. The van der Waals surface area contributed by atoms with Crippen molar-refractivity contribution in [1.82, 2.24) is 0 Å². The van der Waals surface area contributed by atoms with Crippen LogP contribution in [-0.2, 0) is 27.9 Å². The highest BCUT2D eigenvalue weighted by Crippen LogP contribution is 2.43. The normalized spacial score (nSPS) is 14.2. The van der Waals surface area contributed by atoms with Crippen molar-refractivity contribution in [3.63, 3.8) is 0 Å². The van der Waals surface area contributed by atoms with E-state index in [1.807, 2.05) is 0 Å². The molecule has 0 aliphatic rings. The van der Waals surface area contributed by atoms with E-state index in [1.165, 1.54) is 148 Å². The quantitative estimate of drug-likeness (QED) is 0.0237. The van der Waals surface area contributed by atoms with Crippen LogP contribution in [0.2, 0.25) is 0 Å². The number of rotatable bonds is 46. The van der Waals surface area contributed by atoms with Crippen LogP contribution in [-0.4, -0.2) is 66.3 Å². The SMILES string of the molecule is CCCCCC/C=C\CCCCCCCCOCC(COP(=O)(O)OCC(O)CO)OC(=O)CCCCCCCCCCCCC/C=C\C/C=C\CCCCCCC. The minimum absolute atomic E-state index is 0.0457.